The van der Waals surface area contributed by atoms with Crippen LogP contribution in [-0.2, 0) is 0 Å². The van der Waals surface area contributed by atoms with E-state index < -0.39 is 0 Å². The minimum absolute atomic E-state index is 0.0291. The highest BCUT2D eigenvalue weighted by molar-refractivity contribution is 7.02. The molecule has 0 bridgehead atoms. The molecule has 0 atom stereocenters. The van der Waals surface area contributed by atoms with Crippen LogP contribution in [0.1, 0.15) is 5.56 Å². The Morgan fingerprint density at radius 3 is 1.86 bits per heavy atom. The van der Waals surface area contributed by atoms with E-state index in [0.29, 0.717) is 0 Å². The number of hydrogen-bond acceptors (Lipinski definition) is 3. The van der Waals surface area contributed by atoms with Crippen LogP contribution in [0, 0.1) is 6.92 Å². The third kappa shape index (κ3) is 4.24. The van der Waals surface area contributed by atoms with Gasteiger partial charge in [0.2, 0.25) is 0 Å². The molecule has 8 aromatic carbocycles. The third-order valence-corrected chi connectivity index (χ3v) is 10.1. The van der Waals surface area contributed by atoms with Gasteiger partial charge in [0.15, 0.2) is 0 Å². The number of benzene rings is 8. The summed E-state index contributed by atoms with van der Waals surface area (Å²) in [6.45, 7) is 2.12. The van der Waals surface area contributed by atoms with Gasteiger partial charge in [-0.1, -0.05) is 115 Å². The molecule has 0 unspecified atom stereocenters. The average molecular weight is 627 g/mol. The van der Waals surface area contributed by atoms with Crippen LogP contribution in [0.4, 0.5) is 34.1 Å². The van der Waals surface area contributed by atoms with Crippen molar-refractivity contribution < 1.29 is 4.74 Å². The lowest BCUT2D eigenvalue weighted by Gasteiger charge is -2.41. The number of fused-ring (bicyclic) bond motifs is 8. The molecule has 230 valence electrons. The van der Waals surface area contributed by atoms with Crippen LogP contribution in [0.5, 0.6) is 11.5 Å². The SMILES string of the molecule is Cc1ccc(N2c3cccc4c3B(c3c(ccc5ccccc35)O4)c3c2cc(N(c2ccccc2)c2ccccc2)c2ccccc32)cc1. The maximum atomic E-state index is 6.81. The Hall–Kier alpha value is -6.26. The largest absolute Gasteiger partial charge is 0.458 e. The smallest absolute Gasteiger partial charge is 0.258 e. The number of rotatable bonds is 4. The fraction of sp³-hybridized carbons (Fsp3) is 0.0222. The fourth-order valence-electron chi connectivity index (χ4n) is 8.04. The van der Waals surface area contributed by atoms with Crippen LogP contribution in [0.25, 0.3) is 21.5 Å². The van der Waals surface area contributed by atoms with E-state index in [-0.39, 0.29) is 6.71 Å². The minimum Gasteiger partial charge on any atom is -0.458 e. The maximum Gasteiger partial charge on any atom is 0.258 e. The second-order valence-corrected chi connectivity index (χ2v) is 13.0. The summed E-state index contributed by atoms with van der Waals surface area (Å²) in [4.78, 5) is 4.85. The molecule has 0 amide bonds. The van der Waals surface area contributed by atoms with Crippen LogP contribution < -0.4 is 30.9 Å². The van der Waals surface area contributed by atoms with Gasteiger partial charge in [-0.2, -0.15) is 0 Å². The van der Waals surface area contributed by atoms with Crippen LogP contribution in [-0.4, -0.2) is 6.71 Å². The minimum atomic E-state index is -0.0291. The average Bonchev–Trinajstić information content (AvgIpc) is 3.16. The van der Waals surface area contributed by atoms with Crippen molar-refractivity contribution in [3.63, 3.8) is 0 Å². The Bertz CT molecular complexity index is 2510. The maximum absolute atomic E-state index is 6.81. The standard InChI is InChI=1S/C45H31BN2O/c1-30-23-26-34(27-24-30)48-38-21-12-22-41-45(38)46(44-35-18-9-8-13-31(35)25-28-42(44)49-41)43-37-20-11-10-19-36(37)39(29-40(43)48)47(32-14-4-2-5-15-32)33-16-6-3-7-17-33/h2-29H,1H3. The summed E-state index contributed by atoms with van der Waals surface area (Å²) < 4.78 is 6.81. The Morgan fingerprint density at radius 1 is 0.490 bits per heavy atom. The van der Waals surface area contributed by atoms with Gasteiger partial charge < -0.3 is 14.5 Å². The van der Waals surface area contributed by atoms with E-state index in [4.69, 9.17) is 4.74 Å². The molecule has 2 aliphatic rings. The zero-order valence-corrected chi connectivity index (χ0v) is 27.0. The molecular formula is C45H31BN2O. The van der Waals surface area contributed by atoms with Gasteiger partial charge in [0, 0.05) is 33.8 Å². The first-order valence-corrected chi connectivity index (χ1v) is 16.9. The molecule has 4 heteroatoms. The summed E-state index contributed by atoms with van der Waals surface area (Å²) >= 11 is 0. The topological polar surface area (TPSA) is 15.7 Å². The lowest BCUT2D eigenvalue weighted by atomic mass is 9.33. The van der Waals surface area contributed by atoms with Crippen molar-refractivity contribution in [3.8, 4) is 11.5 Å². The third-order valence-electron chi connectivity index (χ3n) is 10.1. The first kappa shape index (κ1) is 27.8. The van der Waals surface area contributed by atoms with E-state index in [1.807, 2.05) is 0 Å². The van der Waals surface area contributed by atoms with Crippen molar-refractivity contribution in [1.29, 1.82) is 0 Å². The van der Waals surface area contributed by atoms with Gasteiger partial charge in [-0.05, 0) is 100 Å². The Labute approximate surface area is 286 Å². The molecule has 0 aliphatic carbocycles. The van der Waals surface area contributed by atoms with Crippen molar-refractivity contribution in [1.82, 2.24) is 0 Å². The van der Waals surface area contributed by atoms with Crippen LogP contribution in [0.15, 0.2) is 170 Å². The molecule has 0 saturated heterocycles. The summed E-state index contributed by atoms with van der Waals surface area (Å²) in [5.74, 6) is 1.84. The Balaban J connectivity index is 1.36. The number of aryl methyl sites for hydroxylation is 1. The number of anilines is 6. The summed E-state index contributed by atoms with van der Waals surface area (Å²) in [5.41, 5.74) is 11.8. The fourth-order valence-corrected chi connectivity index (χ4v) is 8.04. The van der Waals surface area contributed by atoms with Crippen LogP contribution >= 0.6 is 0 Å². The number of ether oxygens (including phenoxy) is 1. The first-order valence-electron chi connectivity index (χ1n) is 16.9. The molecule has 0 saturated carbocycles. The van der Waals surface area contributed by atoms with Crippen molar-refractivity contribution in [2.75, 3.05) is 9.80 Å². The summed E-state index contributed by atoms with van der Waals surface area (Å²) in [6.07, 6.45) is 0. The molecule has 0 spiro atoms. The molecule has 0 radical (unpaired) electrons. The zero-order chi connectivity index (χ0) is 32.5. The van der Waals surface area contributed by atoms with E-state index >= 15 is 0 Å². The van der Waals surface area contributed by atoms with Gasteiger partial charge in [-0.3, -0.25) is 0 Å². The van der Waals surface area contributed by atoms with Gasteiger partial charge in [0.05, 0.1) is 5.69 Å². The van der Waals surface area contributed by atoms with Crippen molar-refractivity contribution in [3.05, 3.63) is 175 Å². The van der Waals surface area contributed by atoms with Crippen LogP contribution in [0.3, 0.4) is 0 Å². The number of nitrogens with zero attached hydrogens (tertiary/aromatic N) is 2. The Morgan fingerprint density at radius 2 is 1.12 bits per heavy atom. The molecule has 49 heavy (non-hydrogen) atoms. The van der Waals surface area contributed by atoms with E-state index in [2.05, 4.69) is 187 Å². The van der Waals surface area contributed by atoms with Gasteiger partial charge >= 0.3 is 0 Å². The van der Waals surface area contributed by atoms with Crippen molar-refractivity contribution in [2.45, 2.75) is 6.92 Å². The lowest BCUT2D eigenvalue weighted by molar-refractivity contribution is 0.488. The predicted molar refractivity (Wildman–Crippen MR) is 207 cm³/mol. The summed E-state index contributed by atoms with van der Waals surface area (Å²) in [7, 11) is 0. The highest BCUT2D eigenvalue weighted by atomic mass is 16.5. The molecule has 2 aliphatic heterocycles. The zero-order valence-electron chi connectivity index (χ0n) is 27.0. The predicted octanol–water partition coefficient (Wildman–Crippen LogP) is 10.2. The van der Waals surface area contributed by atoms with Gasteiger partial charge in [0.25, 0.3) is 6.71 Å². The Kier molecular flexibility index (Phi) is 6.19. The summed E-state index contributed by atoms with van der Waals surface area (Å²) in [5, 5.41) is 4.87. The van der Waals surface area contributed by atoms with Gasteiger partial charge in [0.1, 0.15) is 11.5 Å². The van der Waals surface area contributed by atoms with Crippen molar-refractivity contribution in [2.24, 2.45) is 0 Å². The van der Waals surface area contributed by atoms with E-state index in [1.54, 1.807) is 0 Å². The van der Waals surface area contributed by atoms with E-state index in [0.717, 1.165) is 39.9 Å². The van der Waals surface area contributed by atoms with Crippen molar-refractivity contribution >= 4 is 78.8 Å². The number of hydrogen-bond donors (Lipinski definition) is 0. The molecule has 0 fully saturated rings. The molecule has 8 aromatic rings. The second kappa shape index (κ2) is 10.9. The molecule has 2 heterocycles. The normalized spacial score (nSPS) is 12.7. The van der Waals surface area contributed by atoms with Crippen LogP contribution in [0.2, 0.25) is 0 Å². The summed E-state index contributed by atoms with van der Waals surface area (Å²) in [6, 6.07) is 61.3. The monoisotopic (exact) mass is 626 g/mol. The lowest BCUT2D eigenvalue weighted by Crippen LogP contribution is -2.60. The highest BCUT2D eigenvalue weighted by Crippen LogP contribution is 2.47. The first-order chi connectivity index (χ1) is 24.2. The highest BCUT2D eigenvalue weighted by Gasteiger charge is 2.44. The van der Waals surface area contributed by atoms with E-state index in [9.17, 15) is 0 Å². The van der Waals surface area contributed by atoms with Gasteiger partial charge in [-0.25, -0.2) is 0 Å². The quantitative estimate of drug-likeness (QED) is 0.181. The molecule has 3 nitrogen and oxygen atoms in total. The van der Waals surface area contributed by atoms with Gasteiger partial charge in [-0.15, -0.1) is 0 Å². The second-order valence-electron chi connectivity index (χ2n) is 13.0. The molecule has 10 rings (SSSR count). The number of para-hydroxylation sites is 2. The molecular weight excluding hydrogens is 595 g/mol. The van der Waals surface area contributed by atoms with E-state index in [1.165, 1.54) is 49.2 Å². The molecule has 0 N–H and O–H groups in total. The molecule has 0 aromatic heterocycles.